The van der Waals surface area contributed by atoms with Gasteiger partial charge in [0.2, 0.25) is 0 Å². The second-order valence-electron chi connectivity index (χ2n) is 4.39. The molecule has 0 unspecified atom stereocenters. The SMILES string of the molecule is Cc1cc(N(C)Cc2ccc(N)cc2)ncc1Br. The number of hydrogen-bond donors (Lipinski definition) is 1. The fourth-order valence-electron chi connectivity index (χ4n) is 1.71. The topological polar surface area (TPSA) is 42.1 Å². The molecule has 1 aromatic heterocycles. The molecule has 94 valence electrons. The quantitative estimate of drug-likeness (QED) is 0.884. The molecule has 0 aliphatic rings. The first-order valence-electron chi connectivity index (χ1n) is 5.74. The van der Waals surface area contributed by atoms with E-state index in [1.165, 1.54) is 11.1 Å². The monoisotopic (exact) mass is 305 g/mol. The zero-order valence-electron chi connectivity index (χ0n) is 10.5. The van der Waals surface area contributed by atoms with Gasteiger partial charge in [-0.05, 0) is 52.2 Å². The summed E-state index contributed by atoms with van der Waals surface area (Å²) < 4.78 is 1.03. The lowest BCUT2D eigenvalue weighted by atomic mass is 10.2. The van der Waals surface area contributed by atoms with Gasteiger partial charge in [-0.25, -0.2) is 4.98 Å². The maximum atomic E-state index is 5.67. The summed E-state index contributed by atoms with van der Waals surface area (Å²) in [4.78, 5) is 6.52. The van der Waals surface area contributed by atoms with Crippen molar-refractivity contribution >= 4 is 27.4 Å². The highest BCUT2D eigenvalue weighted by molar-refractivity contribution is 9.10. The minimum absolute atomic E-state index is 0.791. The van der Waals surface area contributed by atoms with Crippen LogP contribution in [-0.4, -0.2) is 12.0 Å². The van der Waals surface area contributed by atoms with Crippen LogP contribution in [0.4, 0.5) is 11.5 Å². The van der Waals surface area contributed by atoms with Crippen molar-refractivity contribution in [1.29, 1.82) is 0 Å². The van der Waals surface area contributed by atoms with E-state index in [1.54, 1.807) is 0 Å². The molecule has 2 N–H and O–H groups in total. The van der Waals surface area contributed by atoms with Gasteiger partial charge in [0.25, 0.3) is 0 Å². The number of nitrogen functional groups attached to an aromatic ring is 1. The van der Waals surface area contributed by atoms with E-state index in [-0.39, 0.29) is 0 Å². The number of halogens is 1. The van der Waals surface area contributed by atoms with Crippen LogP contribution in [0, 0.1) is 6.92 Å². The zero-order valence-corrected chi connectivity index (χ0v) is 12.1. The molecular formula is C14H16BrN3. The van der Waals surface area contributed by atoms with Gasteiger partial charge in [-0.3, -0.25) is 0 Å². The van der Waals surface area contributed by atoms with Crippen LogP contribution >= 0.6 is 15.9 Å². The van der Waals surface area contributed by atoms with Gasteiger partial charge in [-0.1, -0.05) is 12.1 Å². The summed E-state index contributed by atoms with van der Waals surface area (Å²) in [6, 6.07) is 9.99. The molecule has 0 amide bonds. The highest BCUT2D eigenvalue weighted by Crippen LogP contribution is 2.20. The first-order valence-corrected chi connectivity index (χ1v) is 6.53. The Hall–Kier alpha value is -1.55. The molecule has 3 nitrogen and oxygen atoms in total. The lowest BCUT2D eigenvalue weighted by Gasteiger charge is -2.19. The molecule has 1 aromatic carbocycles. The molecule has 2 aromatic rings. The van der Waals surface area contributed by atoms with Gasteiger partial charge in [0.1, 0.15) is 5.82 Å². The Morgan fingerprint density at radius 1 is 1.28 bits per heavy atom. The predicted octanol–water partition coefficient (Wildman–Crippen LogP) is 3.37. The van der Waals surface area contributed by atoms with Gasteiger partial charge in [-0.15, -0.1) is 0 Å². The molecule has 0 aliphatic heterocycles. The molecule has 0 spiro atoms. The molecule has 0 aliphatic carbocycles. The standard InChI is InChI=1S/C14H16BrN3/c1-10-7-14(17-8-13(10)15)18(2)9-11-3-5-12(16)6-4-11/h3-8H,9,16H2,1-2H3. The Bertz CT molecular complexity index is 537. The Morgan fingerprint density at radius 2 is 1.94 bits per heavy atom. The summed E-state index contributed by atoms with van der Waals surface area (Å²) in [6.07, 6.45) is 1.84. The summed E-state index contributed by atoms with van der Waals surface area (Å²) in [6.45, 7) is 2.88. The van der Waals surface area contributed by atoms with Gasteiger partial charge < -0.3 is 10.6 Å². The summed E-state index contributed by atoms with van der Waals surface area (Å²) >= 11 is 3.46. The summed E-state index contributed by atoms with van der Waals surface area (Å²) in [5, 5.41) is 0. The van der Waals surface area contributed by atoms with Gasteiger partial charge in [0, 0.05) is 29.9 Å². The summed E-state index contributed by atoms with van der Waals surface area (Å²) in [5.74, 6) is 0.965. The minimum Gasteiger partial charge on any atom is -0.399 e. The van der Waals surface area contributed by atoms with Crippen LogP contribution in [0.1, 0.15) is 11.1 Å². The van der Waals surface area contributed by atoms with E-state index < -0.39 is 0 Å². The Balaban J connectivity index is 2.13. The van der Waals surface area contributed by atoms with Crippen LogP contribution in [-0.2, 0) is 6.54 Å². The van der Waals surface area contributed by atoms with E-state index in [1.807, 2.05) is 37.5 Å². The maximum Gasteiger partial charge on any atom is 0.128 e. The van der Waals surface area contributed by atoms with Crippen LogP contribution in [0.25, 0.3) is 0 Å². The van der Waals surface area contributed by atoms with Crippen LogP contribution in [0.15, 0.2) is 41.0 Å². The largest absolute Gasteiger partial charge is 0.399 e. The Kier molecular flexibility index (Phi) is 3.87. The number of anilines is 2. The molecule has 0 fully saturated rings. The number of benzene rings is 1. The highest BCUT2D eigenvalue weighted by atomic mass is 79.9. The third kappa shape index (κ3) is 3.01. The van der Waals surface area contributed by atoms with Gasteiger partial charge >= 0.3 is 0 Å². The summed E-state index contributed by atoms with van der Waals surface area (Å²) in [7, 11) is 2.03. The lowest BCUT2D eigenvalue weighted by molar-refractivity contribution is 0.895. The number of pyridine rings is 1. The Labute approximate surface area is 116 Å². The fourth-order valence-corrected chi connectivity index (χ4v) is 1.93. The normalized spacial score (nSPS) is 10.4. The highest BCUT2D eigenvalue weighted by Gasteiger charge is 2.05. The average Bonchev–Trinajstić information content (AvgIpc) is 2.35. The number of hydrogen-bond acceptors (Lipinski definition) is 3. The number of aryl methyl sites for hydroxylation is 1. The predicted molar refractivity (Wildman–Crippen MR) is 79.6 cm³/mol. The van der Waals surface area contributed by atoms with E-state index in [2.05, 4.69) is 38.8 Å². The number of nitrogens with two attached hydrogens (primary N) is 1. The first-order chi connectivity index (χ1) is 8.56. The van der Waals surface area contributed by atoms with E-state index in [4.69, 9.17) is 5.73 Å². The molecule has 0 atom stereocenters. The lowest BCUT2D eigenvalue weighted by Crippen LogP contribution is -2.17. The number of rotatable bonds is 3. The van der Waals surface area contributed by atoms with Gasteiger partial charge in [0.15, 0.2) is 0 Å². The molecule has 0 radical (unpaired) electrons. The third-order valence-corrected chi connectivity index (χ3v) is 3.65. The van der Waals surface area contributed by atoms with E-state index >= 15 is 0 Å². The van der Waals surface area contributed by atoms with Crippen molar-refractivity contribution in [2.75, 3.05) is 17.7 Å². The third-order valence-electron chi connectivity index (χ3n) is 2.82. The van der Waals surface area contributed by atoms with Gasteiger partial charge in [0.05, 0.1) is 0 Å². The van der Waals surface area contributed by atoms with Gasteiger partial charge in [-0.2, -0.15) is 0 Å². The summed E-state index contributed by atoms with van der Waals surface area (Å²) in [5.41, 5.74) is 8.87. The number of aromatic nitrogens is 1. The van der Waals surface area contributed by atoms with E-state index in [0.717, 1.165) is 22.5 Å². The van der Waals surface area contributed by atoms with Crippen molar-refractivity contribution < 1.29 is 0 Å². The molecule has 18 heavy (non-hydrogen) atoms. The smallest absolute Gasteiger partial charge is 0.128 e. The van der Waals surface area contributed by atoms with Crippen LogP contribution in [0.2, 0.25) is 0 Å². The van der Waals surface area contributed by atoms with Crippen molar-refractivity contribution in [1.82, 2.24) is 4.98 Å². The zero-order chi connectivity index (χ0) is 13.1. The van der Waals surface area contributed by atoms with Crippen molar-refractivity contribution in [3.63, 3.8) is 0 Å². The Morgan fingerprint density at radius 3 is 2.56 bits per heavy atom. The second kappa shape index (κ2) is 5.40. The van der Waals surface area contributed by atoms with Crippen molar-refractivity contribution in [3.8, 4) is 0 Å². The second-order valence-corrected chi connectivity index (χ2v) is 5.24. The molecule has 4 heteroatoms. The molecule has 0 bridgehead atoms. The molecule has 0 saturated carbocycles. The molecular weight excluding hydrogens is 290 g/mol. The van der Waals surface area contributed by atoms with Crippen molar-refractivity contribution in [2.45, 2.75) is 13.5 Å². The van der Waals surface area contributed by atoms with Crippen LogP contribution < -0.4 is 10.6 Å². The van der Waals surface area contributed by atoms with Crippen molar-refractivity contribution in [2.24, 2.45) is 0 Å². The van der Waals surface area contributed by atoms with E-state index in [9.17, 15) is 0 Å². The fraction of sp³-hybridized carbons (Fsp3) is 0.214. The maximum absolute atomic E-state index is 5.67. The van der Waals surface area contributed by atoms with Crippen LogP contribution in [0.3, 0.4) is 0 Å². The number of nitrogens with zero attached hydrogens (tertiary/aromatic N) is 2. The molecule has 2 rings (SSSR count). The molecule has 0 saturated heterocycles. The first kappa shape index (κ1) is 12.9. The minimum atomic E-state index is 0.791. The average molecular weight is 306 g/mol. The van der Waals surface area contributed by atoms with E-state index in [0.29, 0.717) is 0 Å². The molecule has 1 heterocycles. The van der Waals surface area contributed by atoms with Crippen LogP contribution in [0.5, 0.6) is 0 Å². The van der Waals surface area contributed by atoms with Crippen molar-refractivity contribution in [3.05, 3.63) is 52.1 Å².